The molecule has 0 saturated carbocycles. The molecule has 1 aliphatic carbocycles. The highest BCUT2D eigenvalue weighted by molar-refractivity contribution is 7.92. The zero-order valence-electron chi connectivity index (χ0n) is 16.1. The first-order valence-electron chi connectivity index (χ1n) is 9.25. The van der Waals surface area contributed by atoms with Crippen molar-refractivity contribution in [3.8, 4) is 0 Å². The Hall–Kier alpha value is -2.84. The number of carbonyl (C=O) groups is 2. The molecule has 1 aliphatic rings. The molecule has 3 rings (SSSR count). The Balaban J connectivity index is 1.84. The molecule has 0 aliphatic heterocycles. The van der Waals surface area contributed by atoms with Crippen molar-refractivity contribution in [1.82, 2.24) is 0 Å². The molecule has 7 nitrogen and oxygen atoms in total. The van der Waals surface area contributed by atoms with Crippen LogP contribution >= 0.6 is 11.6 Å². The van der Waals surface area contributed by atoms with Gasteiger partial charge in [0.1, 0.15) is 0 Å². The zero-order chi connectivity index (χ0) is 21.9. The molecule has 30 heavy (non-hydrogen) atoms. The van der Waals surface area contributed by atoms with E-state index in [0.717, 1.165) is 0 Å². The maximum absolute atomic E-state index is 12.9. The van der Waals surface area contributed by atoms with E-state index in [1.165, 1.54) is 6.07 Å². The van der Waals surface area contributed by atoms with Gasteiger partial charge in [0.25, 0.3) is 10.0 Å². The summed E-state index contributed by atoms with van der Waals surface area (Å²) in [5.74, 6) is -3.03. The molecule has 9 heteroatoms. The summed E-state index contributed by atoms with van der Waals surface area (Å²) in [7, 11) is -3.96. The number of nitrogens with one attached hydrogen (secondary N) is 2. The second kappa shape index (κ2) is 8.89. The SMILES string of the molecule is Cc1ccc(NC(=O)[C@H]2CC=CC[C@@H]2C(=O)O)cc1S(=O)(=O)Nc1ccccc1Cl. The third-order valence-corrected chi connectivity index (χ3v) is 6.79. The van der Waals surface area contributed by atoms with E-state index < -0.39 is 33.7 Å². The smallest absolute Gasteiger partial charge is 0.307 e. The highest BCUT2D eigenvalue weighted by Gasteiger charge is 2.34. The second-order valence-corrected chi connectivity index (χ2v) is 9.11. The van der Waals surface area contributed by atoms with E-state index in [4.69, 9.17) is 11.6 Å². The van der Waals surface area contributed by atoms with Gasteiger partial charge in [-0.1, -0.05) is 42.0 Å². The summed E-state index contributed by atoms with van der Waals surface area (Å²) in [6, 6.07) is 11.0. The molecule has 0 spiro atoms. The van der Waals surface area contributed by atoms with E-state index >= 15 is 0 Å². The molecule has 158 valence electrons. The number of rotatable bonds is 6. The van der Waals surface area contributed by atoms with Crippen LogP contribution in [0.4, 0.5) is 11.4 Å². The van der Waals surface area contributed by atoms with Crippen molar-refractivity contribution in [2.45, 2.75) is 24.7 Å². The van der Waals surface area contributed by atoms with Crippen molar-refractivity contribution in [2.75, 3.05) is 10.0 Å². The van der Waals surface area contributed by atoms with Crippen molar-refractivity contribution in [1.29, 1.82) is 0 Å². The Morgan fingerprint density at radius 2 is 1.73 bits per heavy atom. The van der Waals surface area contributed by atoms with Crippen LogP contribution in [0.2, 0.25) is 5.02 Å². The largest absolute Gasteiger partial charge is 0.481 e. The number of carboxylic acid groups (broad SMARTS) is 1. The maximum Gasteiger partial charge on any atom is 0.307 e. The lowest BCUT2D eigenvalue weighted by atomic mass is 9.82. The summed E-state index contributed by atoms with van der Waals surface area (Å²) in [5.41, 5.74) is 0.992. The summed E-state index contributed by atoms with van der Waals surface area (Å²) < 4.78 is 28.2. The molecule has 1 amide bonds. The van der Waals surface area contributed by atoms with Gasteiger partial charge in [0.2, 0.25) is 5.91 Å². The van der Waals surface area contributed by atoms with Crippen LogP contribution in [0.5, 0.6) is 0 Å². The first-order valence-corrected chi connectivity index (χ1v) is 11.1. The number of hydrogen-bond donors (Lipinski definition) is 3. The van der Waals surface area contributed by atoms with Gasteiger partial charge in [-0.2, -0.15) is 0 Å². The average molecular weight is 449 g/mol. The van der Waals surface area contributed by atoms with Crippen LogP contribution in [-0.4, -0.2) is 25.4 Å². The van der Waals surface area contributed by atoms with Crippen LogP contribution in [0.15, 0.2) is 59.5 Å². The van der Waals surface area contributed by atoms with Crippen LogP contribution in [-0.2, 0) is 19.6 Å². The Morgan fingerprint density at radius 3 is 2.40 bits per heavy atom. The van der Waals surface area contributed by atoms with Crippen molar-refractivity contribution in [2.24, 2.45) is 11.8 Å². The first-order chi connectivity index (χ1) is 14.2. The number of anilines is 2. The summed E-state index contributed by atoms with van der Waals surface area (Å²) in [4.78, 5) is 24.1. The molecule has 0 bridgehead atoms. The molecule has 0 saturated heterocycles. The maximum atomic E-state index is 12.9. The fourth-order valence-corrected chi connectivity index (χ4v) is 4.91. The molecule has 2 aromatic rings. The number of benzene rings is 2. The Labute approximate surface area is 179 Å². The van der Waals surface area contributed by atoms with Gasteiger partial charge in [0.05, 0.1) is 27.4 Å². The molecular weight excluding hydrogens is 428 g/mol. The first kappa shape index (κ1) is 21.9. The van der Waals surface area contributed by atoms with Gasteiger partial charge in [-0.3, -0.25) is 14.3 Å². The summed E-state index contributed by atoms with van der Waals surface area (Å²) >= 11 is 6.05. The van der Waals surface area contributed by atoms with Gasteiger partial charge >= 0.3 is 5.97 Å². The van der Waals surface area contributed by atoms with Crippen LogP contribution in [0.3, 0.4) is 0 Å². The molecule has 0 fully saturated rings. The monoisotopic (exact) mass is 448 g/mol. The van der Waals surface area contributed by atoms with E-state index in [1.54, 1.807) is 55.5 Å². The Kier molecular flexibility index (Phi) is 6.48. The van der Waals surface area contributed by atoms with Crippen molar-refractivity contribution in [3.05, 3.63) is 65.2 Å². The van der Waals surface area contributed by atoms with Crippen LogP contribution in [0, 0.1) is 18.8 Å². The number of halogens is 1. The fraction of sp³-hybridized carbons (Fsp3) is 0.238. The van der Waals surface area contributed by atoms with Crippen molar-refractivity contribution in [3.63, 3.8) is 0 Å². The number of sulfonamides is 1. The van der Waals surface area contributed by atoms with E-state index in [-0.39, 0.29) is 27.7 Å². The van der Waals surface area contributed by atoms with Gasteiger partial charge in [0, 0.05) is 5.69 Å². The van der Waals surface area contributed by atoms with Gasteiger partial charge in [0.15, 0.2) is 0 Å². The number of carboxylic acids is 1. The minimum atomic E-state index is -3.96. The van der Waals surface area contributed by atoms with Gasteiger partial charge in [-0.15, -0.1) is 0 Å². The van der Waals surface area contributed by atoms with E-state index in [0.29, 0.717) is 12.0 Å². The summed E-state index contributed by atoms with van der Waals surface area (Å²) in [5, 5.41) is 12.3. The predicted molar refractivity (Wildman–Crippen MR) is 115 cm³/mol. The second-order valence-electron chi connectivity index (χ2n) is 7.05. The standard InChI is InChI=1S/C21H21ClN2O5S/c1-13-10-11-14(23-20(25)15-6-2-3-7-16(15)21(26)27)12-19(13)30(28,29)24-18-9-5-4-8-17(18)22/h2-5,8-12,15-16,24H,6-7H2,1H3,(H,23,25)(H,26,27)/t15-,16-/m0/s1. The predicted octanol–water partition coefficient (Wildman–Crippen LogP) is 4.05. The van der Waals surface area contributed by atoms with E-state index in [2.05, 4.69) is 10.0 Å². The van der Waals surface area contributed by atoms with E-state index in [9.17, 15) is 23.1 Å². The Bertz CT molecular complexity index is 1110. The van der Waals surface area contributed by atoms with Gasteiger partial charge in [-0.05, 0) is 49.6 Å². The third-order valence-electron chi connectivity index (χ3n) is 4.95. The average Bonchev–Trinajstić information content (AvgIpc) is 2.71. The highest BCUT2D eigenvalue weighted by atomic mass is 35.5. The van der Waals surface area contributed by atoms with Crippen molar-refractivity contribution < 1.29 is 23.1 Å². The fourth-order valence-electron chi connectivity index (χ4n) is 3.32. The number of allylic oxidation sites excluding steroid dienone is 2. The van der Waals surface area contributed by atoms with Crippen LogP contribution in [0.1, 0.15) is 18.4 Å². The summed E-state index contributed by atoms with van der Waals surface area (Å²) in [6.45, 7) is 1.64. The van der Waals surface area contributed by atoms with E-state index in [1.807, 2.05) is 0 Å². The van der Waals surface area contributed by atoms with Gasteiger partial charge in [-0.25, -0.2) is 8.42 Å². The molecule has 2 atom stereocenters. The molecule has 0 unspecified atom stereocenters. The van der Waals surface area contributed by atoms with Crippen LogP contribution < -0.4 is 10.0 Å². The van der Waals surface area contributed by atoms with Crippen molar-refractivity contribution >= 4 is 44.9 Å². The minimum Gasteiger partial charge on any atom is -0.481 e. The zero-order valence-corrected chi connectivity index (χ0v) is 17.7. The highest BCUT2D eigenvalue weighted by Crippen LogP contribution is 2.29. The number of para-hydroxylation sites is 1. The number of amides is 1. The minimum absolute atomic E-state index is 0.0152. The number of aryl methyl sites for hydroxylation is 1. The topological polar surface area (TPSA) is 113 Å². The number of aliphatic carboxylic acids is 1. The number of carbonyl (C=O) groups excluding carboxylic acids is 1. The molecule has 0 radical (unpaired) electrons. The normalized spacial score (nSPS) is 18.6. The lowest BCUT2D eigenvalue weighted by Gasteiger charge is -2.24. The molecule has 3 N–H and O–H groups in total. The molecular formula is C21H21ClN2O5S. The molecule has 0 aromatic heterocycles. The quantitative estimate of drug-likeness (QED) is 0.577. The lowest BCUT2D eigenvalue weighted by Crippen LogP contribution is -2.34. The molecule has 2 aromatic carbocycles. The van der Waals surface area contributed by atoms with Crippen LogP contribution in [0.25, 0.3) is 0 Å². The number of hydrogen-bond acceptors (Lipinski definition) is 4. The lowest BCUT2D eigenvalue weighted by molar-refractivity contribution is -0.146. The Morgan fingerprint density at radius 1 is 1.07 bits per heavy atom. The third kappa shape index (κ3) is 4.83. The molecule has 0 heterocycles. The van der Waals surface area contributed by atoms with Gasteiger partial charge < -0.3 is 10.4 Å². The summed E-state index contributed by atoms with van der Waals surface area (Å²) in [6.07, 6.45) is 4.12.